The summed E-state index contributed by atoms with van der Waals surface area (Å²) < 4.78 is 19.4. The van der Waals surface area contributed by atoms with Gasteiger partial charge in [-0.25, -0.2) is 0 Å². The molecule has 5 nitrogen and oxygen atoms in total. The number of aryl methyl sites for hydroxylation is 2. The molecule has 1 N–H and O–H groups in total. The highest BCUT2D eigenvalue weighted by Gasteiger charge is 2.44. The third kappa shape index (κ3) is 9.63. The van der Waals surface area contributed by atoms with Crippen LogP contribution >= 0.6 is 0 Å². The van der Waals surface area contributed by atoms with Crippen molar-refractivity contribution in [3.63, 3.8) is 0 Å². The molecule has 5 heteroatoms. The van der Waals surface area contributed by atoms with E-state index in [1.807, 2.05) is 30.3 Å². The van der Waals surface area contributed by atoms with Crippen LogP contribution < -0.4 is 19.5 Å². The molecule has 1 atom stereocenters. The third-order valence-electron chi connectivity index (χ3n) is 17.1. The van der Waals surface area contributed by atoms with Crippen LogP contribution in [0.15, 0.2) is 158 Å². The molecule has 0 saturated heterocycles. The van der Waals surface area contributed by atoms with E-state index in [4.69, 9.17) is 14.2 Å². The minimum atomic E-state index is -0.940. The van der Waals surface area contributed by atoms with Crippen molar-refractivity contribution in [2.75, 3.05) is 19.0 Å². The van der Waals surface area contributed by atoms with Crippen molar-refractivity contribution in [3.05, 3.63) is 208 Å². The fourth-order valence-corrected chi connectivity index (χ4v) is 12.7. The molecule has 1 saturated carbocycles. The molecule has 1 aliphatic heterocycles. The van der Waals surface area contributed by atoms with Gasteiger partial charge in [0.2, 0.25) is 0 Å². The Balaban J connectivity index is 0.883. The lowest BCUT2D eigenvalue weighted by molar-refractivity contribution is 0.102. The number of fused-ring (bicyclic) bond motifs is 8. The standard InChI is InChI=1S/C71H73NO4/c1-8-10-12-13-48-15-17-49(18-16-48)50-19-21-51(22-20-50)52-23-25-53(26-24-52)69(73)72-57-32-39-60(47(4)44-57)54-27-38-61-64(45-54)66-62-37-14-46(3)43-65(62)70(5,6)67(66)63-40-41-71(76-68(61)63,55-28-33-58(74-7)34-29-55)56-30-35-59(36-31-56)75-42-11-9-2/h14,19-41,43-45,48-49H,8-13,15-18,42H2,1-7H3,(H,72,73). The van der Waals surface area contributed by atoms with Gasteiger partial charge in [-0.2, -0.15) is 0 Å². The van der Waals surface area contributed by atoms with Crippen LogP contribution in [0.3, 0.4) is 0 Å². The Morgan fingerprint density at radius 3 is 1.99 bits per heavy atom. The van der Waals surface area contributed by atoms with Crippen LogP contribution in [0.1, 0.15) is 153 Å². The largest absolute Gasteiger partial charge is 0.497 e. The molecule has 1 fully saturated rings. The summed E-state index contributed by atoms with van der Waals surface area (Å²) in [5.41, 5.74) is 16.6. The molecule has 0 radical (unpaired) electrons. The van der Waals surface area contributed by atoms with Crippen LogP contribution in [0.4, 0.5) is 5.69 Å². The van der Waals surface area contributed by atoms with Crippen molar-refractivity contribution in [1.29, 1.82) is 0 Å². The summed E-state index contributed by atoms with van der Waals surface area (Å²) in [7, 11) is 1.70. The Kier molecular flexibility index (Phi) is 14.3. The van der Waals surface area contributed by atoms with E-state index >= 15 is 0 Å². The quantitative estimate of drug-likeness (QED) is 0.0980. The van der Waals surface area contributed by atoms with Gasteiger partial charge in [0.25, 0.3) is 5.91 Å². The Bertz CT molecular complexity index is 3430. The second-order valence-corrected chi connectivity index (χ2v) is 22.4. The first kappa shape index (κ1) is 50.8. The maximum atomic E-state index is 13.8. The molecule has 11 rings (SSSR count). The smallest absolute Gasteiger partial charge is 0.255 e. The van der Waals surface area contributed by atoms with Gasteiger partial charge in [0.1, 0.15) is 17.2 Å². The van der Waals surface area contributed by atoms with Crippen molar-refractivity contribution < 1.29 is 19.0 Å². The Morgan fingerprint density at radius 1 is 0.658 bits per heavy atom. The lowest BCUT2D eigenvalue weighted by Crippen LogP contribution is -2.35. The first-order valence-corrected chi connectivity index (χ1v) is 28.1. The lowest BCUT2D eigenvalue weighted by Gasteiger charge is -2.38. The number of amides is 1. The van der Waals surface area contributed by atoms with Gasteiger partial charge in [-0.3, -0.25) is 4.79 Å². The second kappa shape index (κ2) is 21.3. The number of hydrogen-bond acceptors (Lipinski definition) is 4. The lowest BCUT2D eigenvalue weighted by atomic mass is 9.76. The summed E-state index contributed by atoms with van der Waals surface area (Å²) in [6.07, 6.45) is 17.4. The number of ether oxygens (including phenoxy) is 3. The average molecular weight is 1000 g/mol. The van der Waals surface area contributed by atoms with Crippen LogP contribution in [-0.2, 0) is 11.0 Å². The number of methoxy groups -OCH3 is 1. The summed E-state index contributed by atoms with van der Waals surface area (Å²) in [5, 5.41) is 5.40. The van der Waals surface area contributed by atoms with Gasteiger partial charge < -0.3 is 19.5 Å². The summed E-state index contributed by atoms with van der Waals surface area (Å²) in [4.78, 5) is 13.8. The number of nitrogens with one attached hydrogen (secondary N) is 1. The molecule has 8 aromatic rings. The molecule has 0 spiro atoms. The van der Waals surface area contributed by atoms with Gasteiger partial charge in [0, 0.05) is 38.7 Å². The highest BCUT2D eigenvalue weighted by molar-refractivity contribution is 6.10. The van der Waals surface area contributed by atoms with Gasteiger partial charge in [0.15, 0.2) is 5.60 Å². The first-order valence-electron chi connectivity index (χ1n) is 28.1. The number of benzene rings is 8. The van der Waals surface area contributed by atoms with Crippen LogP contribution in [0.2, 0.25) is 0 Å². The Labute approximate surface area is 451 Å². The third-order valence-corrected chi connectivity index (χ3v) is 17.1. The predicted octanol–water partition coefficient (Wildman–Crippen LogP) is 18.7. The topological polar surface area (TPSA) is 56.8 Å². The van der Waals surface area contributed by atoms with Gasteiger partial charge in [0.05, 0.1) is 13.7 Å². The molecule has 1 amide bonds. The molecule has 2 aliphatic carbocycles. The average Bonchev–Trinajstić information content (AvgIpc) is 3.80. The summed E-state index contributed by atoms with van der Waals surface area (Å²) in [5.74, 6) is 3.95. The molecule has 8 aromatic carbocycles. The van der Waals surface area contributed by atoms with Crippen LogP contribution in [0.5, 0.6) is 17.2 Å². The fraction of sp³-hybridized carbons (Fsp3) is 0.310. The molecule has 386 valence electrons. The molecule has 1 unspecified atom stereocenters. The Hall–Kier alpha value is -7.37. The molecular formula is C71H73NO4. The van der Waals surface area contributed by atoms with E-state index in [9.17, 15) is 4.79 Å². The van der Waals surface area contributed by atoms with Gasteiger partial charge in [-0.15, -0.1) is 0 Å². The second-order valence-electron chi connectivity index (χ2n) is 22.4. The molecule has 1 heterocycles. The van der Waals surface area contributed by atoms with Crippen molar-refractivity contribution in [2.45, 2.75) is 123 Å². The van der Waals surface area contributed by atoms with Crippen molar-refractivity contribution in [3.8, 4) is 50.6 Å². The highest BCUT2D eigenvalue weighted by atomic mass is 16.5. The summed E-state index contributed by atoms with van der Waals surface area (Å²) in [6.45, 7) is 14.2. The fourth-order valence-electron chi connectivity index (χ4n) is 12.7. The number of unbranched alkanes of at least 4 members (excludes halogenated alkanes) is 3. The maximum absolute atomic E-state index is 13.8. The number of rotatable bonds is 16. The van der Waals surface area contributed by atoms with E-state index in [2.05, 4.69) is 180 Å². The number of hydrogen-bond donors (Lipinski definition) is 1. The zero-order valence-corrected chi connectivity index (χ0v) is 45.7. The number of carbonyl (C=O) groups excluding carboxylic acids is 1. The Morgan fingerprint density at radius 2 is 1.32 bits per heavy atom. The molecule has 3 aliphatic rings. The van der Waals surface area contributed by atoms with Gasteiger partial charge in [-0.1, -0.05) is 162 Å². The maximum Gasteiger partial charge on any atom is 0.255 e. The van der Waals surface area contributed by atoms with E-state index in [1.165, 1.54) is 90.3 Å². The summed E-state index contributed by atoms with van der Waals surface area (Å²) in [6, 6.07) is 53.8. The molecule has 76 heavy (non-hydrogen) atoms. The van der Waals surface area contributed by atoms with E-state index < -0.39 is 5.60 Å². The minimum Gasteiger partial charge on any atom is -0.497 e. The zero-order valence-electron chi connectivity index (χ0n) is 45.7. The zero-order chi connectivity index (χ0) is 52.6. The van der Waals surface area contributed by atoms with Gasteiger partial charge >= 0.3 is 0 Å². The van der Waals surface area contributed by atoms with E-state index in [1.54, 1.807) is 7.11 Å². The van der Waals surface area contributed by atoms with E-state index in [0.717, 1.165) is 91.4 Å². The molecule has 0 bridgehead atoms. The van der Waals surface area contributed by atoms with Crippen molar-refractivity contribution in [2.24, 2.45) is 5.92 Å². The van der Waals surface area contributed by atoms with Crippen molar-refractivity contribution in [1.82, 2.24) is 0 Å². The number of anilines is 1. The van der Waals surface area contributed by atoms with E-state index in [-0.39, 0.29) is 11.3 Å². The van der Waals surface area contributed by atoms with Crippen LogP contribution in [0, 0.1) is 19.8 Å². The van der Waals surface area contributed by atoms with E-state index in [0.29, 0.717) is 18.1 Å². The predicted molar refractivity (Wildman–Crippen MR) is 315 cm³/mol. The summed E-state index contributed by atoms with van der Waals surface area (Å²) >= 11 is 0. The highest BCUT2D eigenvalue weighted by Crippen LogP contribution is 2.59. The normalized spacial score (nSPS) is 18.1. The van der Waals surface area contributed by atoms with Crippen LogP contribution in [-0.4, -0.2) is 19.6 Å². The van der Waals surface area contributed by atoms with Crippen LogP contribution in [0.25, 0.3) is 50.2 Å². The minimum absolute atomic E-state index is 0.127. The SMILES string of the molecule is CCCCCC1CCC(c2ccc(-c3ccc(C(=O)Nc4ccc(-c5ccc6c7c(c8c(c6c5)-c5ccc(C)cc5C8(C)C)C=CC(c5ccc(OC)cc5)(c5ccc(OCCCC)cc5)O7)c(C)c4)cc3)cc2)CC1. The van der Waals surface area contributed by atoms with Crippen molar-refractivity contribution >= 4 is 28.4 Å². The monoisotopic (exact) mass is 1000 g/mol. The molecule has 0 aromatic heterocycles. The van der Waals surface area contributed by atoms with Gasteiger partial charge in [-0.05, 0) is 186 Å². The molecular weight excluding hydrogens is 931 g/mol. The first-order chi connectivity index (χ1) is 37.0. The number of carbonyl (C=O) groups is 1.